The number of alkyl halides is 3. The summed E-state index contributed by atoms with van der Waals surface area (Å²) >= 11 is 0. The average molecular weight is 293 g/mol. The molecule has 1 N–H and O–H groups in total. The Bertz CT molecular complexity index is 633. The van der Waals surface area contributed by atoms with Gasteiger partial charge in [-0.3, -0.25) is 4.79 Å². The van der Waals surface area contributed by atoms with Crippen LogP contribution in [0.3, 0.4) is 0 Å². The highest BCUT2D eigenvalue weighted by atomic mass is 19.4. The van der Waals surface area contributed by atoms with Gasteiger partial charge in [0.25, 0.3) is 5.91 Å². The van der Waals surface area contributed by atoms with E-state index in [9.17, 15) is 18.0 Å². The van der Waals surface area contributed by atoms with Gasteiger partial charge >= 0.3 is 6.18 Å². The van der Waals surface area contributed by atoms with E-state index in [1.54, 1.807) is 0 Å². The third-order valence-corrected chi connectivity index (χ3v) is 3.01. The highest BCUT2D eigenvalue weighted by molar-refractivity contribution is 5.94. The summed E-state index contributed by atoms with van der Waals surface area (Å²) in [6, 6.07) is 11.8. The van der Waals surface area contributed by atoms with Crippen LogP contribution in [0.25, 0.3) is 0 Å². The van der Waals surface area contributed by atoms with Crippen molar-refractivity contribution in [3.8, 4) is 0 Å². The molecule has 5 heteroatoms. The summed E-state index contributed by atoms with van der Waals surface area (Å²) < 4.78 is 37.3. The van der Waals surface area contributed by atoms with Crippen molar-refractivity contribution in [3.05, 3.63) is 70.8 Å². The van der Waals surface area contributed by atoms with Crippen molar-refractivity contribution < 1.29 is 18.0 Å². The van der Waals surface area contributed by atoms with E-state index >= 15 is 0 Å². The smallest absolute Gasteiger partial charge is 0.348 e. The molecule has 0 spiro atoms. The molecule has 0 saturated heterocycles. The van der Waals surface area contributed by atoms with Gasteiger partial charge in [-0.05, 0) is 36.8 Å². The van der Waals surface area contributed by atoms with Gasteiger partial charge in [0.1, 0.15) is 0 Å². The van der Waals surface area contributed by atoms with Crippen LogP contribution in [-0.2, 0) is 12.7 Å². The lowest BCUT2D eigenvalue weighted by atomic mass is 10.1. The molecule has 110 valence electrons. The fourth-order valence-electron chi connectivity index (χ4n) is 1.92. The zero-order valence-corrected chi connectivity index (χ0v) is 11.4. The first-order chi connectivity index (χ1) is 9.86. The average Bonchev–Trinajstić information content (AvgIpc) is 2.44. The summed E-state index contributed by atoms with van der Waals surface area (Å²) in [7, 11) is 0. The number of carbonyl (C=O) groups is 1. The maximum Gasteiger partial charge on any atom is 0.416 e. The monoisotopic (exact) mass is 293 g/mol. The lowest BCUT2D eigenvalue weighted by Gasteiger charge is -2.08. The molecule has 2 aromatic rings. The van der Waals surface area contributed by atoms with Crippen LogP contribution in [0.1, 0.15) is 27.0 Å². The van der Waals surface area contributed by atoms with Crippen LogP contribution in [0.4, 0.5) is 13.2 Å². The van der Waals surface area contributed by atoms with Gasteiger partial charge in [-0.2, -0.15) is 13.2 Å². The van der Waals surface area contributed by atoms with E-state index in [0.717, 1.165) is 23.3 Å². The highest BCUT2D eigenvalue weighted by Gasteiger charge is 2.30. The second-order valence-corrected chi connectivity index (χ2v) is 4.75. The normalized spacial score (nSPS) is 11.2. The Kier molecular flexibility index (Phi) is 4.31. The number of amides is 1. The largest absolute Gasteiger partial charge is 0.416 e. The van der Waals surface area contributed by atoms with Crippen LogP contribution >= 0.6 is 0 Å². The van der Waals surface area contributed by atoms with Gasteiger partial charge in [-0.15, -0.1) is 0 Å². The van der Waals surface area contributed by atoms with Gasteiger partial charge in [0.2, 0.25) is 0 Å². The molecule has 0 fully saturated rings. The molecule has 0 unspecified atom stereocenters. The van der Waals surface area contributed by atoms with Crippen LogP contribution in [0.15, 0.2) is 48.5 Å². The third kappa shape index (κ3) is 4.08. The molecule has 1 amide bonds. The first-order valence-electron chi connectivity index (χ1n) is 6.37. The number of nitrogens with one attached hydrogen (secondary N) is 1. The van der Waals surface area contributed by atoms with E-state index in [1.165, 1.54) is 12.1 Å². The molecule has 2 aromatic carbocycles. The van der Waals surface area contributed by atoms with Crippen LogP contribution in [0.2, 0.25) is 0 Å². The predicted molar refractivity (Wildman–Crippen MR) is 73.8 cm³/mol. The topological polar surface area (TPSA) is 29.1 Å². The van der Waals surface area contributed by atoms with Crippen molar-refractivity contribution in [1.29, 1.82) is 0 Å². The number of aryl methyl sites for hydroxylation is 1. The van der Waals surface area contributed by atoms with Gasteiger partial charge in [-0.25, -0.2) is 0 Å². The summed E-state index contributed by atoms with van der Waals surface area (Å²) in [6.07, 6.45) is -4.39. The minimum absolute atomic E-state index is 0.204. The van der Waals surface area contributed by atoms with Crippen LogP contribution in [-0.4, -0.2) is 5.91 Å². The summed E-state index contributed by atoms with van der Waals surface area (Å²) in [5, 5.41) is 2.68. The Morgan fingerprint density at radius 2 is 1.76 bits per heavy atom. The van der Waals surface area contributed by atoms with Crippen molar-refractivity contribution in [1.82, 2.24) is 5.32 Å². The minimum Gasteiger partial charge on any atom is -0.348 e. The summed E-state index contributed by atoms with van der Waals surface area (Å²) in [4.78, 5) is 11.9. The Morgan fingerprint density at radius 3 is 2.33 bits per heavy atom. The Balaban J connectivity index is 2.00. The van der Waals surface area contributed by atoms with Gasteiger partial charge in [0.15, 0.2) is 0 Å². The van der Waals surface area contributed by atoms with E-state index in [1.807, 2.05) is 31.2 Å². The standard InChI is InChI=1S/C16H14F3NO/c1-11-3-2-4-12(9-11)10-20-15(21)13-5-7-14(8-6-13)16(17,18)19/h2-9H,10H2,1H3,(H,20,21). The summed E-state index contributed by atoms with van der Waals surface area (Å²) in [5.74, 6) is -0.398. The van der Waals surface area contributed by atoms with Crippen LogP contribution in [0.5, 0.6) is 0 Å². The van der Waals surface area contributed by atoms with E-state index < -0.39 is 17.6 Å². The number of benzene rings is 2. The predicted octanol–water partition coefficient (Wildman–Crippen LogP) is 3.94. The number of rotatable bonds is 3. The zero-order valence-electron chi connectivity index (χ0n) is 11.4. The third-order valence-electron chi connectivity index (χ3n) is 3.01. The van der Waals surface area contributed by atoms with Crippen LogP contribution in [0, 0.1) is 6.92 Å². The van der Waals surface area contributed by atoms with Crippen molar-refractivity contribution in [2.45, 2.75) is 19.6 Å². The Labute approximate surface area is 120 Å². The summed E-state index contributed by atoms with van der Waals surface area (Å²) in [6.45, 7) is 2.28. The molecule has 0 heterocycles. The van der Waals surface area contributed by atoms with Crippen molar-refractivity contribution >= 4 is 5.91 Å². The summed E-state index contributed by atoms with van der Waals surface area (Å²) in [5.41, 5.74) is 1.46. The molecule has 0 aliphatic heterocycles. The van der Waals surface area contributed by atoms with Gasteiger partial charge in [-0.1, -0.05) is 29.8 Å². The first kappa shape index (κ1) is 15.1. The van der Waals surface area contributed by atoms with Gasteiger partial charge in [0.05, 0.1) is 5.56 Å². The molecule has 2 rings (SSSR count). The molecular formula is C16H14F3NO. The molecule has 0 saturated carbocycles. The fraction of sp³-hybridized carbons (Fsp3) is 0.188. The molecule has 0 radical (unpaired) electrons. The maximum absolute atomic E-state index is 12.4. The number of carbonyl (C=O) groups excluding carboxylic acids is 1. The number of hydrogen-bond donors (Lipinski definition) is 1. The number of halogens is 3. The second kappa shape index (κ2) is 5.99. The molecule has 21 heavy (non-hydrogen) atoms. The number of hydrogen-bond acceptors (Lipinski definition) is 1. The van der Waals surface area contributed by atoms with Gasteiger partial charge < -0.3 is 5.32 Å². The molecular weight excluding hydrogens is 279 g/mol. The van der Waals surface area contributed by atoms with E-state index in [4.69, 9.17) is 0 Å². The van der Waals surface area contributed by atoms with E-state index in [0.29, 0.717) is 6.54 Å². The first-order valence-corrected chi connectivity index (χ1v) is 6.37. The molecule has 0 atom stereocenters. The maximum atomic E-state index is 12.4. The quantitative estimate of drug-likeness (QED) is 0.912. The zero-order chi connectivity index (χ0) is 15.5. The van der Waals surface area contributed by atoms with E-state index in [-0.39, 0.29) is 5.56 Å². The van der Waals surface area contributed by atoms with Crippen molar-refractivity contribution in [2.75, 3.05) is 0 Å². The highest BCUT2D eigenvalue weighted by Crippen LogP contribution is 2.29. The lowest BCUT2D eigenvalue weighted by molar-refractivity contribution is -0.137. The lowest BCUT2D eigenvalue weighted by Crippen LogP contribution is -2.22. The Morgan fingerprint density at radius 1 is 1.10 bits per heavy atom. The molecule has 0 aromatic heterocycles. The van der Waals surface area contributed by atoms with Crippen LogP contribution < -0.4 is 5.32 Å². The molecule has 0 bridgehead atoms. The fourth-order valence-corrected chi connectivity index (χ4v) is 1.92. The second-order valence-electron chi connectivity index (χ2n) is 4.75. The SMILES string of the molecule is Cc1cccc(CNC(=O)c2ccc(C(F)(F)F)cc2)c1. The molecule has 2 nitrogen and oxygen atoms in total. The van der Waals surface area contributed by atoms with E-state index in [2.05, 4.69) is 5.32 Å². The van der Waals surface area contributed by atoms with Crippen molar-refractivity contribution in [2.24, 2.45) is 0 Å². The Hall–Kier alpha value is -2.30. The molecule has 0 aliphatic carbocycles. The minimum atomic E-state index is -4.39. The van der Waals surface area contributed by atoms with Gasteiger partial charge in [0, 0.05) is 12.1 Å². The van der Waals surface area contributed by atoms with Crippen molar-refractivity contribution in [3.63, 3.8) is 0 Å². The molecule has 0 aliphatic rings.